The summed E-state index contributed by atoms with van der Waals surface area (Å²) in [6.07, 6.45) is 17.7. The molecule has 0 amide bonds. The van der Waals surface area contributed by atoms with Crippen molar-refractivity contribution in [1.82, 2.24) is 4.90 Å². The molecule has 7 atom stereocenters. The molecule has 4 saturated carbocycles. The van der Waals surface area contributed by atoms with Crippen LogP contribution in [-0.4, -0.2) is 50.6 Å². The predicted octanol–water partition coefficient (Wildman–Crippen LogP) is 8.51. The van der Waals surface area contributed by atoms with Gasteiger partial charge in [-0.2, -0.15) is 0 Å². The Bertz CT molecular complexity index is 1220. The van der Waals surface area contributed by atoms with E-state index < -0.39 is 0 Å². The molecule has 1 aromatic rings. The summed E-state index contributed by atoms with van der Waals surface area (Å²) in [4.78, 5) is 14.4. The fraction of sp³-hybridized carbons (Fsp3) is 0.711. The highest BCUT2D eigenvalue weighted by atomic mass is 16.5. The molecule has 236 valence electrons. The van der Waals surface area contributed by atoms with Crippen LogP contribution in [0.15, 0.2) is 36.6 Å². The van der Waals surface area contributed by atoms with Crippen molar-refractivity contribution < 1.29 is 14.3 Å². The fourth-order valence-electron chi connectivity index (χ4n) is 10.1. The highest BCUT2D eigenvalue weighted by molar-refractivity contribution is 5.79. The SMILES string of the molecule is C=C1C=C(CCCCCO[C@H]2CC[C@H]3[C@@H]4CC[C@H]5CC(=O)CC[C@]5(C)[C@H]4CC[C@]23C)c2ccc(NCCN(C)C)cc2O1. The molecule has 6 rings (SSSR count). The lowest BCUT2D eigenvalue weighted by Gasteiger charge is -2.60. The third-order valence-electron chi connectivity index (χ3n) is 12.6. The topological polar surface area (TPSA) is 50.8 Å². The van der Waals surface area contributed by atoms with Crippen LogP contribution in [0.3, 0.4) is 0 Å². The van der Waals surface area contributed by atoms with E-state index in [9.17, 15) is 4.79 Å². The van der Waals surface area contributed by atoms with Gasteiger partial charge in [0.15, 0.2) is 0 Å². The van der Waals surface area contributed by atoms with Gasteiger partial charge in [0, 0.05) is 49.9 Å². The largest absolute Gasteiger partial charge is 0.457 e. The Kier molecular flexibility index (Phi) is 9.13. The summed E-state index contributed by atoms with van der Waals surface area (Å²) in [5.74, 6) is 5.29. The second kappa shape index (κ2) is 12.7. The molecule has 0 radical (unpaired) electrons. The minimum absolute atomic E-state index is 0.339. The molecular weight excluding hydrogens is 532 g/mol. The van der Waals surface area contributed by atoms with Crippen LogP contribution in [-0.2, 0) is 9.53 Å². The van der Waals surface area contributed by atoms with Crippen molar-refractivity contribution in [2.45, 2.75) is 103 Å². The molecule has 0 saturated heterocycles. The number of ether oxygens (including phenoxy) is 2. The van der Waals surface area contributed by atoms with Crippen molar-refractivity contribution in [1.29, 1.82) is 0 Å². The van der Waals surface area contributed by atoms with E-state index in [0.29, 0.717) is 28.6 Å². The normalized spacial score (nSPS) is 35.0. The van der Waals surface area contributed by atoms with Gasteiger partial charge in [-0.05, 0) is 137 Å². The minimum Gasteiger partial charge on any atom is -0.457 e. The van der Waals surface area contributed by atoms with Crippen molar-refractivity contribution in [2.24, 2.45) is 34.5 Å². The number of ketones is 1. The Labute approximate surface area is 260 Å². The number of fused-ring (bicyclic) bond motifs is 6. The Morgan fingerprint density at radius 2 is 1.86 bits per heavy atom. The van der Waals surface area contributed by atoms with Gasteiger partial charge < -0.3 is 19.7 Å². The van der Waals surface area contributed by atoms with Crippen LogP contribution in [0, 0.1) is 34.5 Å². The number of hydrogen-bond acceptors (Lipinski definition) is 5. The van der Waals surface area contributed by atoms with Crippen LogP contribution in [0.2, 0.25) is 0 Å². The van der Waals surface area contributed by atoms with Crippen LogP contribution < -0.4 is 10.1 Å². The lowest BCUT2D eigenvalue weighted by molar-refractivity contribution is -0.145. The van der Waals surface area contributed by atoms with E-state index in [4.69, 9.17) is 9.47 Å². The number of nitrogens with one attached hydrogen (secondary N) is 1. The van der Waals surface area contributed by atoms with Crippen molar-refractivity contribution >= 4 is 17.0 Å². The molecule has 1 aromatic carbocycles. The monoisotopic (exact) mass is 588 g/mol. The number of hydrogen-bond donors (Lipinski definition) is 1. The number of Topliss-reactive ketones (excluding diaryl/α,β-unsaturated/α-hetero) is 1. The summed E-state index contributed by atoms with van der Waals surface area (Å²) in [6, 6.07) is 6.47. The van der Waals surface area contributed by atoms with E-state index in [1.807, 2.05) is 0 Å². The van der Waals surface area contributed by atoms with Gasteiger partial charge >= 0.3 is 0 Å². The number of unbranched alkanes of at least 4 members (excludes halogenated alkanes) is 2. The van der Waals surface area contributed by atoms with Gasteiger partial charge in [0.1, 0.15) is 17.3 Å². The molecule has 5 nitrogen and oxygen atoms in total. The van der Waals surface area contributed by atoms with Crippen LogP contribution in [0.25, 0.3) is 5.57 Å². The van der Waals surface area contributed by atoms with Gasteiger partial charge in [-0.3, -0.25) is 4.79 Å². The number of benzene rings is 1. The molecule has 1 aliphatic heterocycles. The van der Waals surface area contributed by atoms with Crippen LogP contribution in [0.4, 0.5) is 5.69 Å². The Morgan fingerprint density at radius 1 is 1.02 bits per heavy atom. The van der Waals surface area contributed by atoms with Crippen LogP contribution in [0.1, 0.15) is 103 Å². The maximum atomic E-state index is 12.2. The van der Waals surface area contributed by atoms with Crippen molar-refractivity contribution in [2.75, 3.05) is 39.1 Å². The summed E-state index contributed by atoms with van der Waals surface area (Å²) in [5.41, 5.74) is 4.36. The van der Waals surface area contributed by atoms with Gasteiger partial charge in [-0.15, -0.1) is 0 Å². The number of nitrogens with zero attached hydrogens (tertiary/aromatic N) is 1. The summed E-state index contributed by atoms with van der Waals surface area (Å²) in [6.45, 7) is 12.0. The number of likely N-dealkylation sites (N-methyl/N-ethyl adjacent to an activating group) is 1. The first kappa shape index (κ1) is 30.9. The van der Waals surface area contributed by atoms with E-state index in [2.05, 4.69) is 69.0 Å². The highest BCUT2D eigenvalue weighted by Gasteiger charge is 2.60. The third kappa shape index (κ3) is 6.23. The first-order chi connectivity index (χ1) is 20.7. The fourth-order valence-corrected chi connectivity index (χ4v) is 10.1. The molecule has 0 spiro atoms. The van der Waals surface area contributed by atoms with Gasteiger partial charge in [-0.25, -0.2) is 0 Å². The number of carbonyl (C=O) groups is 1. The third-order valence-corrected chi connectivity index (χ3v) is 12.6. The zero-order valence-electron chi connectivity index (χ0n) is 27.4. The maximum absolute atomic E-state index is 12.2. The summed E-state index contributed by atoms with van der Waals surface area (Å²) in [5, 5.41) is 3.50. The van der Waals surface area contributed by atoms with Crippen molar-refractivity contribution in [3.63, 3.8) is 0 Å². The van der Waals surface area contributed by atoms with E-state index in [0.717, 1.165) is 93.2 Å². The predicted molar refractivity (Wildman–Crippen MR) is 176 cm³/mol. The molecule has 4 fully saturated rings. The standard InChI is InChI=1S/C38H56N2O3/c1-26-23-27(31-13-11-29(25-35(31)43-26)39-20-21-40(4)5)9-7-6-8-22-42-36-15-14-33-32-12-10-28-24-30(41)16-18-37(28,2)34(32)17-19-38(33,36)3/h11,13,23,25,28,32-34,36,39H,1,6-10,12,14-22,24H2,2-5H3/t28-,32-,33-,34-,36-,37-,38-/m0/s1. The maximum Gasteiger partial charge on any atom is 0.136 e. The van der Waals surface area contributed by atoms with E-state index >= 15 is 0 Å². The number of anilines is 1. The Morgan fingerprint density at radius 3 is 2.70 bits per heavy atom. The molecule has 1 heterocycles. The Hall–Kier alpha value is -2.11. The van der Waals surface area contributed by atoms with Crippen LogP contribution >= 0.6 is 0 Å². The van der Waals surface area contributed by atoms with Crippen molar-refractivity contribution in [3.8, 4) is 5.75 Å². The summed E-state index contributed by atoms with van der Waals surface area (Å²) >= 11 is 0. The van der Waals surface area contributed by atoms with Gasteiger partial charge in [-0.1, -0.05) is 26.8 Å². The van der Waals surface area contributed by atoms with Gasteiger partial charge in [0.05, 0.1) is 6.10 Å². The number of carbonyl (C=O) groups excluding carboxylic acids is 1. The minimum atomic E-state index is 0.339. The molecule has 1 N–H and O–H groups in total. The molecule has 4 aliphatic carbocycles. The molecule has 5 aliphatic rings. The van der Waals surface area contributed by atoms with E-state index in [-0.39, 0.29) is 0 Å². The molecular formula is C38H56N2O3. The average molecular weight is 589 g/mol. The summed E-state index contributed by atoms with van der Waals surface area (Å²) < 4.78 is 12.7. The molecule has 43 heavy (non-hydrogen) atoms. The lowest BCUT2D eigenvalue weighted by Crippen LogP contribution is -2.54. The van der Waals surface area contributed by atoms with E-state index in [1.165, 1.54) is 56.1 Å². The quantitative estimate of drug-likeness (QED) is 0.263. The molecule has 0 bridgehead atoms. The lowest BCUT2D eigenvalue weighted by atomic mass is 9.45. The highest BCUT2D eigenvalue weighted by Crippen LogP contribution is 2.66. The zero-order chi connectivity index (χ0) is 30.2. The van der Waals surface area contributed by atoms with Gasteiger partial charge in [0.2, 0.25) is 0 Å². The molecule has 0 aromatic heterocycles. The molecule has 5 heteroatoms. The second-order valence-electron chi connectivity index (χ2n) is 15.4. The van der Waals surface area contributed by atoms with Crippen LogP contribution in [0.5, 0.6) is 5.75 Å². The first-order valence-corrected chi connectivity index (χ1v) is 17.4. The van der Waals surface area contributed by atoms with Gasteiger partial charge in [0.25, 0.3) is 0 Å². The first-order valence-electron chi connectivity index (χ1n) is 17.4. The number of allylic oxidation sites excluding steroid dienone is 2. The molecule has 0 unspecified atom stereocenters. The second-order valence-corrected chi connectivity index (χ2v) is 15.4. The van der Waals surface area contributed by atoms with E-state index in [1.54, 1.807) is 0 Å². The smallest absolute Gasteiger partial charge is 0.136 e. The van der Waals surface area contributed by atoms with Crippen molar-refractivity contribution in [3.05, 3.63) is 42.2 Å². The number of rotatable bonds is 11. The average Bonchev–Trinajstić information content (AvgIpc) is 3.30. The zero-order valence-corrected chi connectivity index (χ0v) is 27.4. The Balaban J connectivity index is 0.962. The summed E-state index contributed by atoms with van der Waals surface area (Å²) in [7, 11) is 4.18.